The first-order chi connectivity index (χ1) is 10.1. The van der Waals surface area contributed by atoms with E-state index in [9.17, 15) is 8.42 Å². The van der Waals surface area contributed by atoms with Crippen molar-refractivity contribution in [3.05, 3.63) is 48.2 Å². The van der Waals surface area contributed by atoms with E-state index in [0.29, 0.717) is 31.1 Å². The molecule has 0 radical (unpaired) electrons. The highest BCUT2D eigenvalue weighted by Gasteiger charge is 2.28. The van der Waals surface area contributed by atoms with Crippen LogP contribution >= 0.6 is 0 Å². The zero-order chi connectivity index (χ0) is 14.9. The Morgan fingerprint density at radius 3 is 2.24 bits per heavy atom. The summed E-state index contributed by atoms with van der Waals surface area (Å²) < 4.78 is 32.0. The summed E-state index contributed by atoms with van der Waals surface area (Å²) in [4.78, 5) is 2.42. The van der Waals surface area contributed by atoms with Crippen molar-refractivity contribution in [1.82, 2.24) is 4.31 Å². The number of nitrogens with zero attached hydrogens (tertiary/aromatic N) is 2. The third-order valence-corrected chi connectivity index (χ3v) is 5.63. The number of sulfonamides is 1. The molecular weight excluding hydrogens is 288 g/mol. The predicted octanol–water partition coefficient (Wildman–Crippen LogP) is 2.10. The van der Waals surface area contributed by atoms with Crippen molar-refractivity contribution in [3.63, 3.8) is 0 Å². The van der Waals surface area contributed by atoms with Gasteiger partial charge in [0.1, 0.15) is 0 Å². The molecule has 1 aromatic carbocycles. The number of benzene rings is 1. The van der Waals surface area contributed by atoms with Crippen molar-refractivity contribution in [2.75, 3.05) is 31.1 Å². The van der Waals surface area contributed by atoms with E-state index in [1.54, 1.807) is 18.4 Å². The van der Waals surface area contributed by atoms with E-state index in [4.69, 9.17) is 4.42 Å². The van der Waals surface area contributed by atoms with Gasteiger partial charge in [-0.15, -0.1) is 0 Å². The van der Waals surface area contributed by atoms with E-state index in [0.717, 1.165) is 11.4 Å². The molecule has 0 spiro atoms. The van der Waals surface area contributed by atoms with Gasteiger partial charge in [-0.1, -0.05) is 17.7 Å². The van der Waals surface area contributed by atoms with E-state index in [1.165, 1.54) is 4.31 Å². The highest BCUT2D eigenvalue weighted by Crippen LogP contribution is 2.21. The van der Waals surface area contributed by atoms with Crippen molar-refractivity contribution in [3.8, 4) is 0 Å². The van der Waals surface area contributed by atoms with Crippen LogP contribution in [0.3, 0.4) is 0 Å². The van der Waals surface area contributed by atoms with Crippen molar-refractivity contribution < 1.29 is 12.8 Å². The third kappa shape index (κ3) is 2.82. The summed E-state index contributed by atoms with van der Waals surface area (Å²) in [7, 11) is -3.39. The summed E-state index contributed by atoms with van der Waals surface area (Å²) in [6.45, 7) is 4.16. The van der Waals surface area contributed by atoms with Gasteiger partial charge in [0.2, 0.25) is 10.0 Å². The summed E-state index contributed by atoms with van der Waals surface area (Å²) in [6.07, 6.45) is 1.63. The standard InChI is InChI=1S/C15H18N2O3S/c1-13-4-6-14(7-5-13)21(18,19)17-10-8-16(9-11-17)15-3-2-12-20-15/h2-7,12H,8-11H2,1H3. The fourth-order valence-corrected chi connectivity index (χ4v) is 3.88. The smallest absolute Gasteiger partial charge is 0.243 e. The zero-order valence-electron chi connectivity index (χ0n) is 11.9. The minimum atomic E-state index is -3.39. The van der Waals surface area contributed by atoms with Crippen LogP contribution in [0.4, 0.5) is 5.88 Å². The number of hydrogen-bond donors (Lipinski definition) is 0. The molecule has 2 aromatic rings. The first kappa shape index (κ1) is 14.2. The van der Waals surface area contributed by atoms with E-state index in [2.05, 4.69) is 4.90 Å². The molecule has 3 rings (SSSR count). The summed E-state index contributed by atoms with van der Waals surface area (Å²) in [5.41, 5.74) is 1.05. The second-order valence-electron chi connectivity index (χ2n) is 5.16. The molecule has 0 amide bonds. The number of piperazine rings is 1. The Hall–Kier alpha value is -1.79. The molecule has 0 bridgehead atoms. The Morgan fingerprint density at radius 2 is 1.67 bits per heavy atom. The molecule has 5 nitrogen and oxygen atoms in total. The third-order valence-electron chi connectivity index (χ3n) is 3.72. The van der Waals surface area contributed by atoms with Gasteiger partial charge in [-0.25, -0.2) is 8.42 Å². The van der Waals surface area contributed by atoms with Crippen LogP contribution in [0.15, 0.2) is 52.0 Å². The molecule has 0 N–H and O–H groups in total. The molecule has 0 aliphatic carbocycles. The van der Waals surface area contributed by atoms with Crippen LogP contribution in [0.25, 0.3) is 0 Å². The normalized spacial score (nSPS) is 17.1. The Labute approximate surface area is 124 Å². The molecule has 0 saturated carbocycles. The number of anilines is 1. The van der Waals surface area contributed by atoms with Gasteiger partial charge in [0.25, 0.3) is 0 Å². The quantitative estimate of drug-likeness (QED) is 0.871. The van der Waals surface area contributed by atoms with E-state index in [1.807, 2.05) is 31.2 Å². The highest BCUT2D eigenvalue weighted by molar-refractivity contribution is 7.89. The highest BCUT2D eigenvalue weighted by atomic mass is 32.2. The monoisotopic (exact) mass is 306 g/mol. The molecule has 1 aromatic heterocycles. The summed E-state index contributed by atoms with van der Waals surface area (Å²) >= 11 is 0. The molecule has 1 aliphatic rings. The van der Waals surface area contributed by atoms with Gasteiger partial charge in [-0.3, -0.25) is 0 Å². The van der Waals surface area contributed by atoms with Gasteiger partial charge in [0, 0.05) is 32.2 Å². The Morgan fingerprint density at radius 1 is 1.00 bits per heavy atom. The lowest BCUT2D eigenvalue weighted by Crippen LogP contribution is -2.48. The van der Waals surface area contributed by atoms with E-state index >= 15 is 0 Å². The van der Waals surface area contributed by atoms with E-state index < -0.39 is 10.0 Å². The molecule has 21 heavy (non-hydrogen) atoms. The molecule has 1 aliphatic heterocycles. The van der Waals surface area contributed by atoms with Crippen LogP contribution in [0.2, 0.25) is 0 Å². The first-order valence-corrected chi connectivity index (χ1v) is 8.37. The molecular formula is C15H18N2O3S. The number of hydrogen-bond acceptors (Lipinski definition) is 4. The molecule has 0 unspecified atom stereocenters. The van der Waals surface area contributed by atoms with Crippen LogP contribution in [-0.4, -0.2) is 38.9 Å². The van der Waals surface area contributed by atoms with Crippen LogP contribution in [0.1, 0.15) is 5.56 Å². The van der Waals surface area contributed by atoms with E-state index in [-0.39, 0.29) is 0 Å². The average molecular weight is 306 g/mol. The second-order valence-corrected chi connectivity index (χ2v) is 7.09. The zero-order valence-corrected chi connectivity index (χ0v) is 12.7. The predicted molar refractivity (Wildman–Crippen MR) is 80.9 cm³/mol. The minimum Gasteiger partial charge on any atom is -0.449 e. The molecule has 112 valence electrons. The fraction of sp³-hybridized carbons (Fsp3) is 0.333. The van der Waals surface area contributed by atoms with Crippen molar-refractivity contribution in [2.24, 2.45) is 0 Å². The Balaban J connectivity index is 1.72. The van der Waals surface area contributed by atoms with Crippen LogP contribution in [-0.2, 0) is 10.0 Å². The maximum absolute atomic E-state index is 12.6. The van der Waals surface area contributed by atoms with Gasteiger partial charge in [-0.2, -0.15) is 4.31 Å². The second kappa shape index (κ2) is 5.54. The van der Waals surface area contributed by atoms with Crippen LogP contribution in [0, 0.1) is 6.92 Å². The number of rotatable bonds is 3. The fourth-order valence-electron chi connectivity index (χ4n) is 2.46. The first-order valence-electron chi connectivity index (χ1n) is 6.93. The lowest BCUT2D eigenvalue weighted by molar-refractivity contribution is 0.374. The van der Waals surface area contributed by atoms with Crippen molar-refractivity contribution >= 4 is 15.9 Å². The Bertz CT molecular complexity index is 685. The number of aryl methyl sites for hydroxylation is 1. The van der Waals surface area contributed by atoms with Gasteiger partial charge in [0.15, 0.2) is 5.88 Å². The maximum Gasteiger partial charge on any atom is 0.243 e. The average Bonchev–Trinajstić information content (AvgIpc) is 3.02. The van der Waals surface area contributed by atoms with Crippen molar-refractivity contribution in [2.45, 2.75) is 11.8 Å². The van der Waals surface area contributed by atoms with Crippen molar-refractivity contribution in [1.29, 1.82) is 0 Å². The topological polar surface area (TPSA) is 53.8 Å². The molecule has 6 heteroatoms. The SMILES string of the molecule is Cc1ccc(S(=O)(=O)N2CCN(c3ccco3)CC2)cc1. The summed E-state index contributed by atoms with van der Waals surface area (Å²) in [5.74, 6) is 0.794. The lowest BCUT2D eigenvalue weighted by Gasteiger charge is -2.33. The summed E-state index contributed by atoms with van der Waals surface area (Å²) in [5, 5.41) is 0. The molecule has 0 atom stereocenters. The maximum atomic E-state index is 12.6. The molecule has 2 heterocycles. The molecule has 1 saturated heterocycles. The minimum absolute atomic E-state index is 0.361. The van der Waals surface area contributed by atoms with Crippen LogP contribution in [0.5, 0.6) is 0 Å². The van der Waals surface area contributed by atoms with Gasteiger partial charge in [0.05, 0.1) is 11.2 Å². The van der Waals surface area contributed by atoms with Crippen LogP contribution < -0.4 is 4.90 Å². The van der Waals surface area contributed by atoms with Gasteiger partial charge in [-0.05, 0) is 25.1 Å². The number of furan rings is 1. The molecule has 1 fully saturated rings. The summed E-state index contributed by atoms with van der Waals surface area (Å²) in [6, 6.07) is 10.7. The lowest BCUT2D eigenvalue weighted by atomic mass is 10.2. The Kier molecular flexibility index (Phi) is 3.73. The van der Waals surface area contributed by atoms with Gasteiger partial charge >= 0.3 is 0 Å². The largest absolute Gasteiger partial charge is 0.449 e. The van der Waals surface area contributed by atoms with Gasteiger partial charge < -0.3 is 9.32 Å².